The van der Waals surface area contributed by atoms with Gasteiger partial charge in [0.05, 0.1) is 11.7 Å². The van der Waals surface area contributed by atoms with Gasteiger partial charge in [-0.25, -0.2) is 0 Å². The van der Waals surface area contributed by atoms with Crippen LogP contribution in [0.2, 0.25) is 0 Å². The van der Waals surface area contributed by atoms with E-state index in [1.54, 1.807) is 6.92 Å². The minimum Gasteiger partial charge on any atom is -0.391 e. The van der Waals surface area contributed by atoms with Gasteiger partial charge in [0.15, 0.2) is 0 Å². The Kier molecular flexibility index (Phi) is 3.82. The zero-order valence-electron chi connectivity index (χ0n) is 13.2. The van der Waals surface area contributed by atoms with E-state index in [4.69, 9.17) is 0 Å². The molecule has 2 amide bonds. The number of carbonyl (C=O) groups is 2. The number of alkyl halides is 3. The molecule has 0 radical (unpaired) electrons. The zero-order valence-corrected chi connectivity index (χ0v) is 13.2. The van der Waals surface area contributed by atoms with E-state index in [1.165, 1.54) is 22.9 Å². The molecule has 2 atom stereocenters. The first-order chi connectivity index (χ1) is 11.1. The Bertz CT molecular complexity index is 717. The molecule has 2 unspecified atom stereocenters. The lowest BCUT2D eigenvalue weighted by atomic mass is 9.98. The summed E-state index contributed by atoms with van der Waals surface area (Å²) in [5.41, 5.74) is -1.30. The van der Waals surface area contributed by atoms with Crippen molar-refractivity contribution in [2.75, 3.05) is 13.6 Å². The van der Waals surface area contributed by atoms with E-state index in [0.717, 1.165) is 6.07 Å². The van der Waals surface area contributed by atoms with Crippen molar-refractivity contribution < 1.29 is 27.9 Å². The molecule has 3 rings (SSSR count). The molecule has 2 heterocycles. The summed E-state index contributed by atoms with van der Waals surface area (Å²) < 4.78 is 40.1. The molecule has 8 heteroatoms. The number of amides is 2. The number of rotatable bonds is 1. The Balaban J connectivity index is 2.07. The van der Waals surface area contributed by atoms with Crippen LogP contribution in [0.25, 0.3) is 0 Å². The van der Waals surface area contributed by atoms with E-state index in [-0.39, 0.29) is 35.8 Å². The van der Waals surface area contributed by atoms with Crippen LogP contribution in [0.4, 0.5) is 13.2 Å². The van der Waals surface area contributed by atoms with Crippen LogP contribution in [0.3, 0.4) is 0 Å². The molecule has 130 valence electrons. The van der Waals surface area contributed by atoms with Crippen molar-refractivity contribution in [2.24, 2.45) is 0 Å². The minimum absolute atomic E-state index is 0.0757. The maximum absolute atomic E-state index is 13.4. The van der Waals surface area contributed by atoms with Gasteiger partial charge in [0.2, 0.25) is 0 Å². The minimum atomic E-state index is -4.65. The van der Waals surface area contributed by atoms with Crippen LogP contribution in [-0.4, -0.2) is 52.5 Å². The number of aliphatic hydroxyl groups excluding tert-OH is 1. The number of nitrogens with zero attached hydrogens (tertiary/aromatic N) is 2. The van der Waals surface area contributed by atoms with E-state index < -0.39 is 29.7 Å². The molecule has 0 aliphatic carbocycles. The quantitative estimate of drug-likeness (QED) is 0.848. The summed E-state index contributed by atoms with van der Waals surface area (Å²) in [4.78, 5) is 27.2. The third-order valence-electron chi connectivity index (χ3n) is 4.59. The molecular weight excluding hydrogens is 325 g/mol. The molecule has 0 spiro atoms. The molecule has 2 aliphatic rings. The van der Waals surface area contributed by atoms with Gasteiger partial charge in [0.1, 0.15) is 0 Å². The monoisotopic (exact) mass is 342 g/mol. The summed E-state index contributed by atoms with van der Waals surface area (Å²) in [6.07, 6.45) is -4.96. The number of hydrogen-bond acceptors (Lipinski definition) is 3. The highest BCUT2D eigenvalue weighted by atomic mass is 19.4. The Morgan fingerprint density at radius 1 is 1.33 bits per heavy atom. The van der Waals surface area contributed by atoms with Gasteiger partial charge < -0.3 is 14.9 Å². The topological polar surface area (TPSA) is 60.9 Å². The van der Waals surface area contributed by atoms with E-state index in [9.17, 15) is 27.9 Å². The van der Waals surface area contributed by atoms with Crippen LogP contribution in [0, 0.1) is 0 Å². The van der Waals surface area contributed by atoms with Crippen LogP contribution < -0.4 is 0 Å². The Morgan fingerprint density at radius 3 is 2.54 bits per heavy atom. The van der Waals surface area contributed by atoms with Gasteiger partial charge in [-0.3, -0.25) is 9.59 Å². The summed E-state index contributed by atoms with van der Waals surface area (Å²) >= 11 is 0. The normalized spacial score (nSPS) is 23.8. The summed E-state index contributed by atoms with van der Waals surface area (Å²) in [5, 5.41) is 9.65. The van der Waals surface area contributed by atoms with Gasteiger partial charge in [0, 0.05) is 37.3 Å². The maximum Gasteiger partial charge on any atom is 0.416 e. The molecule has 2 aliphatic heterocycles. The second-order valence-electron chi connectivity index (χ2n) is 6.40. The van der Waals surface area contributed by atoms with E-state index in [2.05, 4.69) is 0 Å². The Hall–Kier alpha value is -2.09. The average molecular weight is 342 g/mol. The summed E-state index contributed by atoms with van der Waals surface area (Å²) in [6, 6.07) is 1.77. The van der Waals surface area contributed by atoms with E-state index >= 15 is 0 Å². The molecule has 1 aromatic carbocycles. The molecule has 0 saturated carbocycles. The predicted octanol–water partition coefficient (Wildman–Crippen LogP) is 1.89. The van der Waals surface area contributed by atoms with Gasteiger partial charge in [-0.05, 0) is 31.0 Å². The van der Waals surface area contributed by atoms with Crippen molar-refractivity contribution >= 4 is 11.8 Å². The summed E-state index contributed by atoms with van der Waals surface area (Å²) in [7, 11) is 1.42. The number of β-amino-alcohol motifs (C(OH)–C–C–N with tert-alkyl or cyclic N) is 1. The van der Waals surface area contributed by atoms with Gasteiger partial charge in [0.25, 0.3) is 11.8 Å². The molecule has 0 bridgehead atoms. The third-order valence-corrected chi connectivity index (χ3v) is 4.59. The fraction of sp³-hybridized carbons (Fsp3) is 0.500. The largest absolute Gasteiger partial charge is 0.416 e. The number of aliphatic hydroxyl groups is 1. The van der Waals surface area contributed by atoms with Crippen LogP contribution in [0.1, 0.15) is 45.2 Å². The fourth-order valence-electron chi connectivity index (χ4n) is 3.38. The number of carbonyl (C=O) groups excluding carboxylic acids is 2. The lowest BCUT2D eigenvalue weighted by Crippen LogP contribution is -2.34. The second kappa shape index (κ2) is 5.47. The van der Waals surface area contributed by atoms with Crippen molar-refractivity contribution in [2.45, 2.75) is 38.2 Å². The lowest BCUT2D eigenvalue weighted by molar-refractivity contribution is -0.138. The maximum atomic E-state index is 13.4. The van der Waals surface area contributed by atoms with Crippen molar-refractivity contribution in [3.63, 3.8) is 0 Å². The lowest BCUT2D eigenvalue weighted by Gasteiger charge is -2.22. The number of hydrogen-bond donors (Lipinski definition) is 1. The van der Waals surface area contributed by atoms with Crippen molar-refractivity contribution in [3.8, 4) is 0 Å². The van der Waals surface area contributed by atoms with Gasteiger partial charge in [-0.2, -0.15) is 13.2 Å². The zero-order chi connectivity index (χ0) is 17.8. The molecular formula is C16H17F3N2O3. The third kappa shape index (κ3) is 2.64. The molecule has 24 heavy (non-hydrogen) atoms. The SMILES string of the molecule is CC1CC(O)CN1C(=O)c1cc2c(c(C(F)(F)F)c1)CN(C)C2=O. The number of likely N-dealkylation sites (tertiary alicyclic amines) is 1. The number of fused-ring (bicyclic) bond motifs is 1. The Labute approximate surface area is 136 Å². The van der Waals surface area contributed by atoms with Crippen molar-refractivity contribution in [1.82, 2.24) is 9.80 Å². The first kappa shape index (κ1) is 16.8. The van der Waals surface area contributed by atoms with E-state index in [0.29, 0.717) is 6.42 Å². The highest BCUT2D eigenvalue weighted by molar-refractivity contribution is 6.03. The van der Waals surface area contributed by atoms with Gasteiger partial charge >= 0.3 is 6.18 Å². The molecule has 0 aromatic heterocycles. The Morgan fingerprint density at radius 2 is 2.00 bits per heavy atom. The smallest absolute Gasteiger partial charge is 0.391 e. The molecule has 1 N–H and O–H groups in total. The fourth-order valence-corrected chi connectivity index (χ4v) is 3.38. The highest BCUT2D eigenvalue weighted by Gasteiger charge is 2.41. The molecule has 5 nitrogen and oxygen atoms in total. The van der Waals surface area contributed by atoms with Crippen LogP contribution in [0.5, 0.6) is 0 Å². The average Bonchev–Trinajstić information content (AvgIpc) is 2.96. The standard InChI is InChI=1S/C16H17F3N2O3/c1-8-3-10(22)6-21(8)14(23)9-4-11-12(7-20(2)15(11)24)13(5-9)16(17,18)19/h4-5,8,10,22H,3,6-7H2,1-2H3. The van der Waals surface area contributed by atoms with E-state index in [1.807, 2.05) is 0 Å². The summed E-state index contributed by atoms with van der Waals surface area (Å²) in [5.74, 6) is -1.13. The molecule has 1 aromatic rings. The second-order valence-corrected chi connectivity index (χ2v) is 6.40. The molecule has 1 saturated heterocycles. The van der Waals surface area contributed by atoms with Gasteiger partial charge in [-0.15, -0.1) is 0 Å². The summed E-state index contributed by atoms with van der Waals surface area (Å²) in [6.45, 7) is 1.67. The van der Waals surface area contributed by atoms with Crippen LogP contribution >= 0.6 is 0 Å². The first-order valence-corrected chi connectivity index (χ1v) is 7.58. The first-order valence-electron chi connectivity index (χ1n) is 7.58. The predicted molar refractivity (Wildman–Crippen MR) is 78.4 cm³/mol. The van der Waals surface area contributed by atoms with Gasteiger partial charge in [-0.1, -0.05) is 0 Å². The molecule has 1 fully saturated rings. The van der Waals surface area contributed by atoms with Crippen molar-refractivity contribution in [3.05, 3.63) is 34.4 Å². The highest BCUT2D eigenvalue weighted by Crippen LogP contribution is 2.38. The van der Waals surface area contributed by atoms with Crippen LogP contribution in [-0.2, 0) is 12.7 Å². The number of benzene rings is 1. The van der Waals surface area contributed by atoms with Crippen molar-refractivity contribution in [1.29, 1.82) is 0 Å². The van der Waals surface area contributed by atoms with Crippen LogP contribution in [0.15, 0.2) is 12.1 Å². The number of halogens is 3.